The van der Waals surface area contributed by atoms with Crippen LogP contribution in [0.3, 0.4) is 0 Å². The normalized spacial score (nSPS) is 22.1. The fourth-order valence-corrected chi connectivity index (χ4v) is 3.16. The summed E-state index contributed by atoms with van der Waals surface area (Å²) in [5.74, 6) is 0.664. The van der Waals surface area contributed by atoms with Crippen molar-refractivity contribution in [2.24, 2.45) is 11.7 Å². The second-order valence-electron chi connectivity index (χ2n) is 6.75. The molecule has 0 radical (unpaired) electrons. The second kappa shape index (κ2) is 9.77. The fraction of sp³-hybridized carbons (Fsp3) is 0.632. The van der Waals surface area contributed by atoms with Crippen molar-refractivity contribution in [3.05, 3.63) is 29.8 Å². The summed E-state index contributed by atoms with van der Waals surface area (Å²) in [5.41, 5.74) is 7.41. The van der Waals surface area contributed by atoms with Crippen LogP contribution in [-0.2, 0) is 20.9 Å². The van der Waals surface area contributed by atoms with Crippen LogP contribution >= 0.6 is 0 Å². The predicted molar refractivity (Wildman–Crippen MR) is 95.7 cm³/mol. The van der Waals surface area contributed by atoms with Gasteiger partial charge in [-0.05, 0) is 36.5 Å². The molecule has 24 heavy (non-hydrogen) atoms. The molecule has 134 valence electrons. The minimum atomic E-state index is -0.246. The number of ether oxygens (including phenoxy) is 2. The van der Waals surface area contributed by atoms with Gasteiger partial charge in [-0.1, -0.05) is 31.9 Å². The summed E-state index contributed by atoms with van der Waals surface area (Å²) in [6.45, 7) is 3.21. The number of hydrogen-bond acceptors (Lipinski definition) is 4. The molecular formula is C19H30N2O3. The molecule has 0 saturated heterocycles. The summed E-state index contributed by atoms with van der Waals surface area (Å²) in [5, 5.41) is 2.90. The molecule has 3 N–H and O–H groups in total. The van der Waals surface area contributed by atoms with Crippen LogP contribution in [0.5, 0.6) is 0 Å². The summed E-state index contributed by atoms with van der Waals surface area (Å²) >= 11 is 0. The molecule has 3 unspecified atom stereocenters. The van der Waals surface area contributed by atoms with E-state index in [0.29, 0.717) is 19.3 Å². The summed E-state index contributed by atoms with van der Waals surface area (Å²) in [6, 6.07) is 7.82. The molecule has 1 fully saturated rings. The topological polar surface area (TPSA) is 73.6 Å². The van der Waals surface area contributed by atoms with E-state index in [4.69, 9.17) is 15.2 Å². The highest BCUT2D eigenvalue weighted by Crippen LogP contribution is 2.26. The van der Waals surface area contributed by atoms with Crippen LogP contribution in [0, 0.1) is 5.92 Å². The predicted octanol–water partition coefficient (Wildman–Crippen LogP) is 3.08. The van der Waals surface area contributed by atoms with E-state index >= 15 is 0 Å². The number of nitrogens with two attached hydrogens (primary N) is 1. The van der Waals surface area contributed by atoms with Crippen molar-refractivity contribution >= 4 is 11.6 Å². The SMILES string of the molecule is COC(CN)CC(=O)Nc1cccc(COC2CCCC(C)C2)c1. The van der Waals surface area contributed by atoms with Crippen molar-refractivity contribution in [3.8, 4) is 0 Å². The van der Waals surface area contributed by atoms with E-state index in [2.05, 4.69) is 12.2 Å². The van der Waals surface area contributed by atoms with Crippen LogP contribution in [0.4, 0.5) is 5.69 Å². The third kappa shape index (κ3) is 6.23. The third-order valence-corrected chi connectivity index (χ3v) is 4.59. The number of hydrogen-bond donors (Lipinski definition) is 2. The highest BCUT2D eigenvalue weighted by atomic mass is 16.5. The molecule has 1 saturated carbocycles. The Kier molecular flexibility index (Phi) is 7.69. The first-order chi connectivity index (χ1) is 11.6. The lowest BCUT2D eigenvalue weighted by Crippen LogP contribution is -2.28. The Morgan fingerprint density at radius 1 is 1.42 bits per heavy atom. The van der Waals surface area contributed by atoms with E-state index in [-0.39, 0.29) is 18.4 Å². The van der Waals surface area contributed by atoms with Crippen molar-refractivity contribution in [1.29, 1.82) is 0 Å². The van der Waals surface area contributed by atoms with Crippen LogP contribution in [0.25, 0.3) is 0 Å². The maximum atomic E-state index is 12.0. The van der Waals surface area contributed by atoms with Crippen molar-refractivity contribution in [2.45, 2.75) is 57.8 Å². The molecule has 0 aromatic heterocycles. The van der Waals surface area contributed by atoms with Crippen LogP contribution in [0.15, 0.2) is 24.3 Å². The van der Waals surface area contributed by atoms with Crippen LogP contribution in [-0.4, -0.2) is 31.8 Å². The molecule has 1 amide bonds. The monoisotopic (exact) mass is 334 g/mol. The number of anilines is 1. The largest absolute Gasteiger partial charge is 0.380 e. The van der Waals surface area contributed by atoms with E-state index in [1.807, 2.05) is 24.3 Å². The molecule has 1 aromatic rings. The fourth-order valence-electron chi connectivity index (χ4n) is 3.16. The van der Waals surface area contributed by atoms with Crippen LogP contribution < -0.4 is 11.1 Å². The summed E-state index contributed by atoms with van der Waals surface area (Å²) in [6.07, 6.45) is 5.24. The van der Waals surface area contributed by atoms with E-state index in [1.54, 1.807) is 7.11 Å². The molecule has 1 aliphatic rings. The van der Waals surface area contributed by atoms with Gasteiger partial charge in [0.1, 0.15) is 0 Å². The molecule has 3 atom stereocenters. The van der Waals surface area contributed by atoms with E-state index in [1.165, 1.54) is 12.8 Å². The zero-order valence-corrected chi connectivity index (χ0v) is 14.8. The number of carbonyl (C=O) groups is 1. The molecule has 5 heteroatoms. The van der Waals surface area contributed by atoms with Crippen molar-refractivity contribution in [2.75, 3.05) is 19.0 Å². The van der Waals surface area contributed by atoms with Gasteiger partial charge in [-0.25, -0.2) is 0 Å². The molecule has 0 bridgehead atoms. The minimum Gasteiger partial charge on any atom is -0.380 e. The second-order valence-corrected chi connectivity index (χ2v) is 6.75. The van der Waals surface area contributed by atoms with Gasteiger partial charge in [0.2, 0.25) is 5.91 Å². The zero-order chi connectivity index (χ0) is 17.4. The Hall–Kier alpha value is -1.43. The Morgan fingerprint density at radius 3 is 2.96 bits per heavy atom. The lowest BCUT2D eigenvalue weighted by molar-refractivity contribution is -0.118. The summed E-state index contributed by atoms with van der Waals surface area (Å²) < 4.78 is 11.2. The number of rotatable bonds is 8. The van der Waals surface area contributed by atoms with Gasteiger partial charge in [-0.3, -0.25) is 4.79 Å². The highest BCUT2D eigenvalue weighted by Gasteiger charge is 2.19. The van der Waals surface area contributed by atoms with Gasteiger partial charge < -0.3 is 20.5 Å². The van der Waals surface area contributed by atoms with Gasteiger partial charge in [-0.15, -0.1) is 0 Å². The lowest BCUT2D eigenvalue weighted by atomic mass is 9.89. The summed E-state index contributed by atoms with van der Waals surface area (Å²) in [7, 11) is 1.56. The van der Waals surface area contributed by atoms with Gasteiger partial charge in [0.05, 0.1) is 25.2 Å². The highest BCUT2D eigenvalue weighted by molar-refractivity contribution is 5.91. The van der Waals surface area contributed by atoms with E-state index in [9.17, 15) is 4.79 Å². The molecule has 0 spiro atoms. The van der Waals surface area contributed by atoms with Crippen molar-refractivity contribution < 1.29 is 14.3 Å². The maximum absolute atomic E-state index is 12.0. The van der Waals surface area contributed by atoms with E-state index in [0.717, 1.165) is 30.0 Å². The summed E-state index contributed by atoms with van der Waals surface area (Å²) in [4.78, 5) is 12.0. The Labute approximate surface area is 144 Å². The smallest absolute Gasteiger partial charge is 0.227 e. The number of carbonyl (C=O) groups excluding carboxylic acids is 1. The van der Waals surface area contributed by atoms with Crippen molar-refractivity contribution in [3.63, 3.8) is 0 Å². The molecule has 0 aliphatic heterocycles. The average Bonchev–Trinajstić information content (AvgIpc) is 2.58. The molecule has 2 rings (SSSR count). The standard InChI is InChI=1S/C19H30N2O3/c1-14-5-3-8-17(9-14)24-13-15-6-4-7-16(10-15)21-19(22)11-18(12-20)23-2/h4,6-7,10,14,17-18H,3,5,8-9,11-13,20H2,1-2H3,(H,21,22). The first kappa shape index (κ1) is 18.9. The van der Waals surface area contributed by atoms with Gasteiger partial charge >= 0.3 is 0 Å². The first-order valence-electron chi connectivity index (χ1n) is 8.84. The van der Waals surface area contributed by atoms with Gasteiger partial charge in [-0.2, -0.15) is 0 Å². The zero-order valence-electron chi connectivity index (χ0n) is 14.8. The van der Waals surface area contributed by atoms with Crippen LogP contribution in [0.1, 0.15) is 44.6 Å². The van der Waals surface area contributed by atoms with Gasteiger partial charge in [0, 0.05) is 19.3 Å². The molecule has 0 heterocycles. The lowest BCUT2D eigenvalue weighted by Gasteiger charge is -2.26. The number of benzene rings is 1. The first-order valence-corrected chi connectivity index (χ1v) is 8.84. The average molecular weight is 334 g/mol. The molecule has 5 nitrogen and oxygen atoms in total. The molecule has 1 aliphatic carbocycles. The Balaban J connectivity index is 1.83. The van der Waals surface area contributed by atoms with Gasteiger partial charge in [0.15, 0.2) is 0 Å². The minimum absolute atomic E-state index is 0.0912. The quantitative estimate of drug-likeness (QED) is 0.766. The number of nitrogens with one attached hydrogen (secondary N) is 1. The van der Waals surface area contributed by atoms with Crippen molar-refractivity contribution in [1.82, 2.24) is 0 Å². The number of methoxy groups -OCH3 is 1. The van der Waals surface area contributed by atoms with E-state index < -0.39 is 0 Å². The third-order valence-electron chi connectivity index (χ3n) is 4.59. The van der Waals surface area contributed by atoms with Gasteiger partial charge in [0.25, 0.3) is 0 Å². The van der Waals surface area contributed by atoms with Crippen LogP contribution in [0.2, 0.25) is 0 Å². The molecular weight excluding hydrogens is 304 g/mol. The maximum Gasteiger partial charge on any atom is 0.227 e. The Morgan fingerprint density at radius 2 is 2.25 bits per heavy atom. The molecule has 1 aromatic carbocycles. The number of amides is 1. The Bertz CT molecular complexity index is 517.